The maximum Gasteiger partial charge on any atom is 0.416 e. The second-order valence-corrected chi connectivity index (χ2v) is 7.60. The summed E-state index contributed by atoms with van der Waals surface area (Å²) in [5, 5.41) is 5.72. The van der Waals surface area contributed by atoms with E-state index in [-0.39, 0.29) is 4.90 Å². The number of halogens is 3. The van der Waals surface area contributed by atoms with Crippen LogP contribution in [-0.2, 0) is 22.6 Å². The van der Waals surface area contributed by atoms with Crippen LogP contribution in [0, 0.1) is 4.77 Å². The Kier molecular flexibility index (Phi) is 4.67. The van der Waals surface area contributed by atoms with Gasteiger partial charge in [-0.05, 0) is 42.0 Å². The molecule has 6 nitrogen and oxygen atoms in total. The number of H-pyrrole nitrogens is 1. The molecule has 0 saturated heterocycles. The molecule has 2 heterocycles. The molecule has 0 aliphatic heterocycles. The number of hydrogen-bond donors (Lipinski definition) is 1. The molecule has 0 unspecified atom stereocenters. The highest BCUT2D eigenvalue weighted by atomic mass is 32.2. The molecular weight excluding hydrogens is 389 g/mol. The molecule has 0 radical (unpaired) electrons. The van der Waals surface area contributed by atoms with E-state index in [1.807, 2.05) is 0 Å². The molecule has 1 N–H and O–H groups in total. The lowest BCUT2D eigenvalue weighted by Crippen LogP contribution is -2.10. The fraction of sp³-hybridized carbons (Fsp3) is 0.133. The van der Waals surface area contributed by atoms with Gasteiger partial charge in [0.2, 0.25) is 9.84 Å². The van der Waals surface area contributed by atoms with E-state index in [1.165, 1.54) is 18.5 Å². The molecule has 3 aromatic rings. The summed E-state index contributed by atoms with van der Waals surface area (Å²) in [5.74, 6) is 0. The first kappa shape index (κ1) is 18.3. The SMILES string of the molecule is O=S(=O)(c1ccc(Cn2cn[nH]c2=S)cc1)c1cc(C(F)(F)F)ccn1. The molecule has 3 rings (SSSR count). The van der Waals surface area contributed by atoms with Crippen LogP contribution in [0.4, 0.5) is 13.2 Å². The van der Waals surface area contributed by atoms with Gasteiger partial charge in [0.05, 0.1) is 17.0 Å². The average Bonchev–Trinajstić information content (AvgIpc) is 3.00. The van der Waals surface area contributed by atoms with Crippen LogP contribution in [0.3, 0.4) is 0 Å². The number of nitrogens with one attached hydrogen (secondary N) is 1. The van der Waals surface area contributed by atoms with Gasteiger partial charge in [-0.2, -0.15) is 18.3 Å². The molecule has 0 aliphatic carbocycles. The second kappa shape index (κ2) is 6.65. The summed E-state index contributed by atoms with van der Waals surface area (Å²) < 4.78 is 65.5. The molecule has 0 atom stereocenters. The number of hydrogen-bond acceptors (Lipinski definition) is 5. The number of sulfone groups is 1. The second-order valence-electron chi connectivity index (χ2n) is 5.32. The molecule has 136 valence electrons. The van der Waals surface area contributed by atoms with Gasteiger partial charge in [-0.25, -0.2) is 13.4 Å². The van der Waals surface area contributed by atoms with Gasteiger partial charge in [0, 0.05) is 6.20 Å². The fourth-order valence-electron chi connectivity index (χ4n) is 2.21. The summed E-state index contributed by atoms with van der Waals surface area (Å²) >= 11 is 5.02. The van der Waals surface area contributed by atoms with Crippen molar-refractivity contribution in [2.24, 2.45) is 0 Å². The fourth-order valence-corrected chi connectivity index (χ4v) is 3.59. The quantitative estimate of drug-likeness (QED) is 0.680. The Hall–Kier alpha value is -2.53. The summed E-state index contributed by atoms with van der Waals surface area (Å²) in [4.78, 5) is 3.43. The summed E-state index contributed by atoms with van der Waals surface area (Å²) in [7, 11) is -4.17. The third kappa shape index (κ3) is 3.68. The van der Waals surface area contributed by atoms with Crippen LogP contribution in [-0.4, -0.2) is 28.2 Å². The number of pyridine rings is 1. The zero-order valence-electron chi connectivity index (χ0n) is 12.9. The Morgan fingerprint density at radius 1 is 1.15 bits per heavy atom. The van der Waals surface area contributed by atoms with E-state index in [0.29, 0.717) is 17.4 Å². The highest BCUT2D eigenvalue weighted by Gasteiger charge is 2.32. The van der Waals surface area contributed by atoms with E-state index < -0.39 is 26.6 Å². The van der Waals surface area contributed by atoms with Crippen LogP contribution in [0.2, 0.25) is 0 Å². The molecule has 2 aromatic heterocycles. The van der Waals surface area contributed by atoms with Crippen LogP contribution >= 0.6 is 12.2 Å². The van der Waals surface area contributed by atoms with Crippen molar-refractivity contribution in [3.05, 3.63) is 64.8 Å². The standard InChI is InChI=1S/C15H11F3N4O2S2/c16-15(17,18)11-5-6-19-13(7-11)26(23,24)12-3-1-10(2-4-12)8-22-9-20-21-14(22)25/h1-7,9H,8H2,(H,21,25). The van der Waals surface area contributed by atoms with E-state index in [0.717, 1.165) is 17.8 Å². The van der Waals surface area contributed by atoms with Crippen molar-refractivity contribution in [1.82, 2.24) is 19.7 Å². The molecule has 0 saturated carbocycles. The monoisotopic (exact) mass is 400 g/mol. The van der Waals surface area contributed by atoms with Gasteiger partial charge in [-0.15, -0.1) is 0 Å². The number of alkyl halides is 3. The summed E-state index contributed by atoms with van der Waals surface area (Å²) in [5.41, 5.74) is -0.324. The van der Waals surface area contributed by atoms with Gasteiger partial charge in [-0.3, -0.25) is 5.10 Å². The van der Waals surface area contributed by atoms with Crippen molar-refractivity contribution in [3.63, 3.8) is 0 Å². The molecule has 11 heteroatoms. The largest absolute Gasteiger partial charge is 0.416 e. The van der Waals surface area contributed by atoms with Crippen molar-refractivity contribution in [2.45, 2.75) is 22.6 Å². The smallest absolute Gasteiger partial charge is 0.302 e. The third-order valence-electron chi connectivity index (χ3n) is 3.54. The lowest BCUT2D eigenvalue weighted by molar-refractivity contribution is -0.137. The lowest BCUT2D eigenvalue weighted by atomic mass is 10.2. The molecule has 0 aliphatic rings. The van der Waals surface area contributed by atoms with Gasteiger partial charge in [0.25, 0.3) is 0 Å². The van der Waals surface area contributed by atoms with Crippen LogP contribution in [0.1, 0.15) is 11.1 Å². The van der Waals surface area contributed by atoms with Gasteiger partial charge in [0.1, 0.15) is 6.33 Å². The topological polar surface area (TPSA) is 80.6 Å². The minimum atomic E-state index is -4.65. The van der Waals surface area contributed by atoms with Gasteiger partial charge < -0.3 is 4.57 Å². The van der Waals surface area contributed by atoms with Crippen molar-refractivity contribution in [3.8, 4) is 0 Å². The average molecular weight is 400 g/mol. The van der Waals surface area contributed by atoms with E-state index >= 15 is 0 Å². The summed E-state index contributed by atoms with van der Waals surface area (Å²) in [6.07, 6.45) is -2.33. The van der Waals surface area contributed by atoms with Crippen LogP contribution in [0.15, 0.2) is 58.8 Å². The van der Waals surface area contributed by atoms with Crippen molar-refractivity contribution in [2.75, 3.05) is 0 Å². The lowest BCUT2D eigenvalue weighted by Gasteiger charge is -2.09. The minimum Gasteiger partial charge on any atom is -0.302 e. The summed E-state index contributed by atoms with van der Waals surface area (Å²) in [6, 6.07) is 6.97. The molecular formula is C15H11F3N4O2S2. The predicted molar refractivity (Wildman–Crippen MR) is 87.6 cm³/mol. The maximum atomic E-state index is 12.8. The minimum absolute atomic E-state index is 0.149. The Balaban J connectivity index is 1.91. The van der Waals surface area contributed by atoms with Crippen molar-refractivity contribution in [1.29, 1.82) is 0 Å². The van der Waals surface area contributed by atoms with Crippen molar-refractivity contribution < 1.29 is 21.6 Å². The zero-order valence-corrected chi connectivity index (χ0v) is 14.6. The van der Waals surface area contributed by atoms with Crippen LogP contribution in [0.25, 0.3) is 0 Å². The number of aromatic amines is 1. The van der Waals surface area contributed by atoms with Crippen molar-refractivity contribution >= 4 is 22.1 Å². The van der Waals surface area contributed by atoms with Gasteiger partial charge >= 0.3 is 6.18 Å². The first-order chi connectivity index (χ1) is 12.2. The number of aromatic nitrogens is 4. The van der Waals surface area contributed by atoms with Gasteiger partial charge in [-0.1, -0.05) is 12.1 Å². The Labute approximate surface area is 151 Å². The first-order valence-electron chi connectivity index (χ1n) is 7.15. The molecule has 0 amide bonds. The zero-order chi connectivity index (χ0) is 18.9. The molecule has 0 fully saturated rings. The highest BCUT2D eigenvalue weighted by molar-refractivity contribution is 7.91. The number of nitrogens with zero attached hydrogens (tertiary/aromatic N) is 3. The van der Waals surface area contributed by atoms with E-state index in [2.05, 4.69) is 15.2 Å². The normalized spacial score (nSPS) is 12.3. The first-order valence-corrected chi connectivity index (χ1v) is 9.04. The molecule has 26 heavy (non-hydrogen) atoms. The van der Waals surface area contributed by atoms with E-state index in [9.17, 15) is 21.6 Å². The third-order valence-corrected chi connectivity index (χ3v) is 5.53. The van der Waals surface area contributed by atoms with E-state index in [1.54, 1.807) is 16.7 Å². The summed E-state index contributed by atoms with van der Waals surface area (Å²) in [6.45, 7) is 0.372. The number of rotatable bonds is 4. The molecule has 0 spiro atoms. The van der Waals surface area contributed by atoms with Crippen LogP contribution < -0.4 is 0 Å². The Bertz CT molecular complexity index is 1090. The maximum absolute atomic E-state index is 12.8. The highest BCUT2D eigenvalue weighted by Crippen LogP contribution is 2.31. The number of benzene rings is 1. The Morgan fingerprint density at radius 2 is 1.85 bits per heavy atom. The van der Waals surface area contributed by atoms with Gasteiger partial charge in [0.15, 0.2) is 9.80 Å². The molecule has 1 aromatic carbocycles. The predicted octanol–water partition coefficient (Wildman–Crippen LogP) is 3.24. The Morgan fingerprint density at radius 3 is 2.42 bits per heavy atom. The molecule has 0 bridgehead atoms. The van der Waals surface area contributed by atoms with E-state index in [4.69, 9.17) is 12.2 Å². The van der Waals surface area contributed by atoms with Crippen LogP contribution in [0.5, 0.6) is 0 Å².